The number of aromatic nitrogens is 3. The number of aromatic amines is 2. The molecule has 3 heterocycles. The third kappa shape index (κ3) is 6.32. The summed E-state index contributed by atoms with van der Waals surface area (Å²) in [7, 11) is 0. The maximum absolute atomic E-state index is 15.2. The lowest BCUT2D eigenvalue weighted by molar-refractivity contribution is -0.148. The zero-order chi connectivity index (χ0) is 32.6. The van der Waals surface area contributed by atoms with E-state index in [-0.39, 0.29) is 66.8 Å². The van der Waals surface area contributed by atoms with Crippen LogP contribution in [0.15, 0.2) is 67.0 Å². The Hall–Kier alpha value is -4.78. The van der Waals surface area contributed by atoms with Gasteiger partial charge in [-0.1, -0.05) is 24.3 Å². The second-order valence-corrected chi connectivity index (χ2v) is 11.4. The molecule has 240 valence electrons. The van der Waals surface area contributed by atoms with E-state index >= 15 is 8.78 Å². The number of likely N-dealkylation sites (tertiary alicyclic amines) is 1. The molecule has 2 aromatic heterocycles. The molecule has 0 radical (unpaired) electrons. The van der Waals surface area contributed by atoms with E-state index in [0.29, 0.717) is 5.69 Å². The number of hydrogen-bond acceptors (Lipinski definition) is 4. The van der Waals surface area contributed by atoms with Gasteiger partial charge in [0.15, 0.2) is 17.4 Å². The van der Waals surface area contributed by atoms with Crippen molar-refractivity contribution in [2.45, 2.75) is 37.3 Å². The smallest absolute Gasteiger partial charge is 0.401 e. The van der Waals surface area contributed by atoms with E-state index < -0.39 is 47.3 Å². The molecule has 13 heteroatoms. The Morgan fingerprint density at radius 3 is 2.54 bits per heavy atom. The molecule has 3 aromatic carbocycles. The number of benzene rings is 3. The van der Waals surface area contributed by atoms with Gasteiger partial charge in [-0.05, 0) is 67.7 Å². The number of aliphatic carboxylic acids is 1. The zero-order valence-corrected chi connectivity index (χ0v) is 24.2. The lowest BCUT2D eigenvalue weighted by Gasteiger charge is -2.42. The predicted molar refractivity (Wildman–Crippen MR) is 157 cm³/mol. The van der Waals surface area contributed by atoms with Crippen LogP contribution in [-0.2, 0) is 16.6 Å². The highest BCUT2D eigenvalue weighted by atomic mass is 19.4. The first kappa shape index (κ1) is 31.2. The number of nitrogens with zero attached hydrogens (tertiary/aromatic N) is 2. The molecule has 0 saturated carbocycles. The van der Waals surface area contributed by atoms with Crippen molar-refractivity contribution in [3.8, 4) is 22.9 Å². The van der Waals surface area contributed by atoms with Gasteiger partial charge in [-0.15, -0.1) is 0 Å². The van der Waals surface area contributed by atoms with Gasteiger partial charge in [0.2, 0.25) is 0 Å². The van der Waals surface area contributed by atoms with E-state index in [1.165, 1.54) is 35.5 Å². The number of imidazole rings is 1. The van der Waals surface area contributed by atoms with Crippen LogP contribution in [0.3, 0.4) is 0 Å². The lowest BCUT2D eigenvalue weighted by atomic mass is 9.70. The topological polar surface area (TPSA) is 94.2 Å². The minimum Gasteiger partial charge on any atom is -0.481 e. The molecule has 0 amide bonds. The van der Waals surface area contributed by atoms with E-state index in [0.717, 1.165) is 23.3 Å². The van der Waals surface area contributed by atoms with Crippen LogP contribution in [0.25, 0.3) is 22.3 Å². The van der Waals surface area contributed by atoms with Crippen LogP contribution in [0, 0.1) is 17.5 Å². The van der Waals surface area contributed by atoms with Crippen LogP contribution in [-0.4, -0.2) is 56.7 Å². The van der Waals surface area contributed by atoms with Crippen molar-refractivity contribution < 1.29 is 41.0 Å². The summed E-state index contributed by atoms with van der Waals surface area (Å²) in [5.74, 6) is -4.16. The molecule has 0 atom stereocenters. The number of nitrogens with one attached hydrogen (secondary N) is 2. The highest BCUT2D eigenvalue weighted by Crippen LogP contribution is 2.43. The number of aryl methyl sites for hydroxylation is 1. The Kier molecular flexibility index (Phi) is 8.28. The Morgan fingerprint density at radius 2 is 1.80 bits per heavy atom. The molecule has 1 saturated heterocycles. The molecule has 6 rings (SSSR count). The van der Waals surface area contributed by atoms with Crippen molar-refractivity contribution >= 4 is 16.9 Å². The zero-order valence-electron chi connectivity index (χ0n) is 24.2. The predicted octanol–water partition coefficient (Wildman–Crippen LogP) is 7.73. The largest absolute Gasteiger partial charge is 0.481 e. The van der Waals surface area contributed by atoms with Gasteiger partial charge >= 0.3 is 12.1 Å². The lowest BCUT2D eigenvalue weighted by Crippen LogP contribution is -2.46. The summed E-state index contributed by atoms with van der Waals surface area (Å²) in [4.78, 5) is 22.8. The summed E-state index contributed by atoms with van der Waals surface area (Å²) < 4.78 is 90.0. The van der Waals surface area contributed by atoms with E-state index in [1.54, 1.807) is 12.1 Å². The second-order valence-electron chi connectivity index (χ2n) is 11.4. The first-order valence-electron chi connectivity index (χ1n) is 14.5. The fourth-order valence-corrected chi connectivity index (χ4v) is 6.11. The van der Waals surface area contributed by atoms with Gasteiger partial charge in [-0.3, -0.25) is 9.69 Å². The maximum Gasteiger partial charge on any atom is 0.401 e. The molecular formula is C33H28F6N4O3. The first-order chi connectivity index (χ1) is 21.9. The molecule has 0 bridgehead atoms. The quantitative estimate of drug-likeness (QED) is 0.143. The number of rotatable bonds is 9. The van der Waals surface area contributed by atoms with Gasteiger partial charge in [0.25, 0.3) is 0 Å². The van der Waals surface area contributed by atoms with Gasteiger partial charge in [0.05, 0.1) is 17.6 Å². The van der Waals surface area contributed by atoms with Crippen LogP contribution < -0.4 is 4.74 Å². The van der Waals surface area contributed by atoms with Crippen molar-refractivity contribution in [3.63, 3.8) is 0 Å². The molecule has 1 fully saturated rings. The summed E-state index contributed by atoms with van der Waals surface area (Å²) in [5.41, 5.74) is 1.41. The number of piperidine rings is 1. The third-order valence-corrected chi connectivity index (χ3v) is 8.43. The minimum atomic E-state index is -4.36. The maximum atomic E-state index is 15.2. The van der Waals surface area contributed by atoms with Crippen molar-refractivity contribution in [1.82, 2.24) is 19.9 Å². The van der Waals surface area contributed by atoms with E-state index in [2.05, 4.69) is 15.0 Å². The van der Waals surface area contributed by atoms with Gasteiger partial charge in [0, 0.05) is 41.4 Å². The highest BCUT2D eigenvalue weighted by Gasteiger charge is 2.42. The van der Waals surface area contributed by atoms with Gasteiger partial charge in [-0.2, -0.15) is 13.2 Å². The highest BCUT2D eigenvalue weighted by molar-refractivity contribution is 5.82. The SMILES string of the molecule is O=C(O)CCc1cccc(C2(c3cnc(-c4cc(Oc5c(F)cc6[nH]ccc6c5F)ccc4F)[nH]3)CCN(CC(F)(F)F)CC2)c1. The molecule has 3 N–H and O–H groups in total. The summed E-state index contributed by atoms with van der Waals surface area (Å²) in [6.45, 7) is -0.812. The number of alkyl halides is 3. The van der Waals surface area contributed by atoms with Gasteiger partial charge in [0.1, 0.15) is 17.4 Å². The number of carbonyl (C=O) groups is 1. The Bertz CT molecular complexity index is 1890. The molecule has 0 aliphatic carbocycles. The van der Waals surface area contributed by atoms with E-state index in [1.807, 2.05) is 12.1 Å². The van der Waals surface area contributed by atoms with Crippen LogP contribution in [0.1, 0.15) is 36.1 Å². The number of halogens is 6. The molecule has 1 aliphatic rings. The summed E-state index contributed by atoms with van der Waals surface area (Å²) >= 11 is 0. The fourth-order valence-electron chi connectivity index (χ4n) is 6.11. The van der Waals surface area contributed by atoms with Crippen molar-refractivity contribution in [1.29, 1.82) is 0 Å². The third-order valence-electron chi connectivity index (χ3n) is 8.43. The second kappa shape index (κ2) is 12.2. The summed E-state index contributed by atoms with van der Waals surface area (Å²) in [6, 6.07) is 13.3. The molecular weight excluding hydrogens is 614 g/mol. The molecule has 46 heavy (non-hydrogen) atoms. The minimum absolute atomic E-state index is 0.0489. The molecule has 0 spiro atoms. The fraction of sp³-hybridized carbons (Fsp3) is 0.273. The summed E-state index contributed by atoms with van der Waals surface area (Å²) in [5, 5.41) is 9.27. The van der Waals surface area contributed by atoms with E-state index in [9.17, 15) is 22.4 Å². The van der Waals surface area contributed by atoms with Crippen LogP contribution >= 0.6 is 0 Å². The molecule has 7 nitrogen and oxygen atoms in total. The van der Waals surface area contributed by atoms with E-state index in [4.69, 9.17) is 9.84 Å². The Balaban J connectivity index is 1.34. The molecule has 0 unspecified atom stereocenters. The van der Waals surface area contributed by atoms with Crippen LogP contribution in [0.5, 0.6) is 11.5 Å². The van der Waals surface area contributed by atoms with Gasteiger partial charge in [-0.25, -0.2) is 18.2 Å². The molecule has 1 aliphatic heterocycles. The number of fused-ring (bicyclic) bond motifs is 1. The number of hydrogen-bond donors (Lipinski definition) is 3. The monoisotopic (exact) mass is 642 g/mol. The van der Waals surface area contributed by atoms with Crippen LogP contribution in [0.4, 0.5) is 26.3 Å². The van der Waals surface area contributed by atoms with Crippen molar-refractivity contribution in [2.75, 3.05) is 19.6 Å². The summed E-state index contributed by atoms with van der Waals surface area (Å²) in [6.07, 6.45) is -0.663. The number of ether oxygens (including phenoxy) is 1. The number of carboxylic acid groups (broad SMARTS) is 1. The van der Waals surface area contributed by atoms with Crippen molar-refractivity contribution in [2.24, 2.45) is 0 Å². The Morgan fingerprint density at radius 1 is 1.02 bits per heavy atom. The molecule has 5 aromatic rings. The number of carboxylic acids is 1. The first-order valence-corrected chi connectivity index (χ1v) is 14.5. The van der Waals surface area contributed by atoms with Gasteiger partial charge < -0.3 is 19.8 Å². The Labute approximate surface area is 258 Å². The average molecular weight is 643 g/mol. The average Bonchev–Trinajstić information content (AvgIpc) is 3.70. The number of H-pyrrole nitrogens is 2. The van der Waals surface area contributed by atoms with Crippen molar-refractivity contribution in [3.05, 3.63) is 101 Å². The van der Waals surface area contributed by atoms with Crippen LogP contribution in [0.2, 0.25) is 0 Å². The normalized spacial score (nSPS) is 15.3. The standard InChI is InChI=1S/C33H28F6N4O3/c34-24-6-5-21(46-30-25(35)16-26-22(29(30)36)8-11-40-26)15-23(24)31-41-17-27(42-31)32(9-12-43(13-10-32)18-33(37,38)39)20-3-1-2-19(14-20)4-7-28(44)45/h1-3,5-6,8,11,14-17,40H,4,7,9-10,12-13,18H2,(H,41,42)(H,44,45).